The van der Waals surface area contributed by atoms with Gasteiger partial charge in [-0.3, -0.25) is 43.7 Å². The highest BCUT2D eigenvalue weighted by Crippen LogP contribution is 2.50. The molecule has 2 fully saturated rings. The molecule has 30 nitrogen and oxygen atoms in total. The van der Waals surface area contributed by atoms with Crippen molar-refractivity contribution >= 4 is 128 Å². The number of amides is 2. The van der Waals surface area contributed by atoms with Crippen LogP contribution in [0, 0.1) is 111 Å². The molecule has 724 valence electrons. The molecule has 2 amide bonds. The standard InChI is InChI=1S/2C20H14N2O5.C19H20N2O.C18H16N2O3.C18H16N2O2S.C18H18N2O2/c1-3-11-26-16-8-6-14(12-13(16)2)7-9-17(23)22-15-5-4-10-21-18(15)19(24)27-20(22)25;1-3-11-26-16-8-6-14(12-13(16)2)7-9-17(23)22-18-15(5-4-10-21-18)19(24)27-20(22)25;1-14-7-8-16(13-15(14)2)9-10-19(22)21-12-4-5-17-18(21)6-3-11-20-17;1-10-5-6-12(8-11(10)2)13-9-14(13)17(21)20-15-4-3-7-19-16(15)23-18(20)22;1-10-3-4-12(7-11(10)2)13-8-14(13)17(21)20-15-5-6-19-9-16(15)22-18(20)23;1-13-3-4-15(11-14(13)2)5-6-18(21)20-9-10-22-17-12-19-8-7-16(17)20/h2*1,4-10,12H,11H2,2H3;3,6-11,13H,4-5,12H2,1-2H3;3-8,13-14H,9H2,1-2H3;3-7,9,13-14H,8H2,1-2H3;3-8,11-12H,9-10H2,1-2H3/b2*9-7+;10-9+;;;6-5+. The van der Waals surface area contributed by atoms with E-state index < -0.39 is 40.3 Å². The minimum Gasteiger partial charge on any atom is -0.488 e. The number of hydrogen-bond donors (Lipinski definition) is 0. The summed E-state index contributed by atoms with van der Waals surface area (Å²) in [6.45, 7) is 22.5. The number of pyridine rings is 6. The van der Waals surface area contributed by atoms with E-state index in [0.29, 0.717) is 51.6 Å². The molecule has 4 aliphatic rings. The van der Waals surface area contributed by atoms with Crippen LogP contribution in [0.15, 0.2) is 285 Å². The van der Waals surface area contributed by atoms with Crippen molar-refractivity contribution in [3.8, 4) is 41.9 Å². The molecule has 12 heterocycles. The summed E-state index contributed by atoms with van der Waals surface area (Å²) in [6, 6.07) is 52.4. The van der Waals surface area contributed by atoms with Gasteiger partial charge >= 0.3 is 28.5 Å². The van der Waals surface area contributed by atoms with Gasteiger partial charge in [0, 0.05) is 79.9 Å². The lowest BCUT2D eigenvalue weighted by molar-refractivity contribution is -0.115. The highest BCUT2D eigenvalue weighted by molar-refractivity contribution is 7.71. The zero-order valence-electron chi connectivity index (χ0n) is 80.4. The summed E-state index contributed by atoms with van der Waals surface area (Å²) in [5.74, 6) is 2.61. The number of aromatic nitrogens is 10. The van der Waals surface area contributed by atoms with Crippen LogP contribution in [-0.2, 0) is 16.0 Å². The number of hydrogen-bond acceptors (Lipinski definition) is 25. The van der Waals surface area contributed by atoms with Crippen LogP contribution < -0.4 is 52.5 Å². The van der Waals surface area contributed by atoms with E-state index in [-0.39, 0.29) is 93.1 Å². The predicted molar refractivity (Wildman–Crippen MR) is 552 cm³/mol. The van der Waals surface area contributed by atoms with Gasteiger partial charge in [-0.15, -0.1) is 12.8 Å². The first kappa shape index (κ1) is 101. The first-order valence-electron chi connectivity index (χ1n) is 46.0. The number of ether oxygens (including phenoxy) is 3. The van der Waals surface area contributed by atoms with Crippen LogP contribution >= 0.6 is 12.2 Å². The van der Waals surface area contributed by atoms with Crippen LogP contribution in [0.4, 0.5) is 11.4 Å². The van der Waals surface area contributed by atoms with Gasteiger partial charge in [0.2, 0.25) is 17.5 Å². The highest BCUT2D eigenvalue weighted by Gasteiger charge is 2.47. The lowest BCUT2D eigenvalue weighted by Crippen LogP contribution is -2.36. The summed E-state index contributed by atoms with van der Waals surface area (Å²) >= 11 is 5.22. The third kappa shape index (κ3) is 23.7. The summed E-state index contributed by atoms with van der Waals surface area (Å²) in [5, 5.41) is 0.0460. The number of fused-ring (bicyclic) bond motifs is 6. The molecule has 4 atom stereocenters. The molecule has 16 aromatic rings. The number of oxazole rings is 2. The molecular formula is C113H98N12O18S. The Labute approximate surface area is 830 Å². The molecule has 0 bridgehead atoms. The van der Waals surface area contributed by atoms with Gasteiger partial charge < -0.3 is 41.7 Å². The van der Waals surface area contributed by atoms with Gasteiger partial charge in [-0.25, -0.2) is 52.6 Å². The average molecular weight is 1940 g/mol. The second-order valence-corrected chi connectivity index (χ2v) is 34.9. The van der Waals surface area contributed by atoms with Crippen molar-refractivity contribution < 1.29 is 60.6 Å². The molecule has 0 radical (unpaired) electrons. The largest absolute Gasteiger partial charge is 0.488 e. The fourth-order valence-electron chi connectivity index (χ4n) is 16.3. The van der Waals surface area contributed by atoms with Gasteiger partial charge in [-0.05, 0) is 317 Å². The molecular weight excluding hydrogens is 1850 g/mol. The van der Waals surface area contributed by atoms with E-state index in [0.717, 1.165) is 97.4 Å². The molecule has 6 aromatic carbocycles. The summed E-state index contributed by atoms with van der Waals surface area (Å²) in [4.78, 5) is 163. The van der Waals surface area contributed by atoms with Gasteiger partial charge in [-0.1, -0.05) is 96.8 Å². The second kappa shape index (κ2) is 45.4. The summed E-state index contributed by atoms with van der Waals surface area (Å²) in [5.41, 5.74) is 20.4. The Balaban J connectivity index is 0.000000130. The van der Waals surface area contributed by atoms with Crippen molar-refractivity contribution in [3.05, 3.63) is 396 Å². The number of aryl methyl sites for hydroxylation is 11. The van der Waals surface area contributed by atoms with Gasteiger partial charge in [0.1, 0.15) is 42.2 Å². The van der Waals surface area contributed by atoms with E-state index >= 15 is 0 Å². The zero-order chi connectivity index (χ0) is 102. The monoisotopic (exact) mass is 1940 g/mol. The number of carbonyl (C=O) groups is 6. The Hall–Kier alpha value is -17.8. The van der Waals surface area contributed by atoms with E-state index in [1.54, 1.807) is 109 Å². The van der Waals surface area contributed by atoms with Crippen molar-refractivity contribution in [2.75, 3.05) is 42.7 Å². The Morgan fingerprint density at radius 1 is 0.431 bits per heavy atom. The molecule has 20 rings (SSSR count). The molecule has 144 heavy (non-hydrogen) atoms. The van der Waals surface area contributed by atoms with Crippen LogP contribution in [-0.4, -0.2) is 117 Å². The first-order valence-corrected chi connectivity index (χ1v) is 46.4. The Kier molecular flexibility index (Phi) is 31.7. The molecule has 31 heteroatoms. The first-order chi connectivity index (χ1) is 69.4. The molecule has 0 saturated heterocycles. The lowest BCUT2D eigenvalue weighted by Gasteiger charge is -2.28. The number of nitrogens with zero attached hydrogens (tertiary/aromatic N) is 12. The highest BCUT2D eigenvalue weighted by atomic mass is 32.1. The maximum atomic E-state index is 12.9. The normalized spacial score (nSPS) is 14.7. The number of benzene rings is 6. The average Bonchev–Trinajstić information content (AvgIpc) is 1.59. The predicted octanol–water partition coefficient (Wildman–Crippen LogP) is 18.3. The fraction of sp³-hybridized carbons (Fsp3) is 0.204. The maximum Gasteiger partial charge on any atom is 0.430 e. The topological polar surface area (TPSA) is 372 Å². The van der Waals surface area contributed by atoms with Crippen LogP contribution in [0.25, 0.3) is 68.7 Å². The smallest absolute Gasteiger partial charge is 0.430 e. The van der Waals surface area contributed by atoms with Gasteiger partial charge in [0.25, 0.3) is 28.5 Å². The minimum atomic E-state index is -1.09. The minimum absolute atomic E-state index is 0.0168. The number of anilines is 2. The number of rotatable bonds is 16. The second-order valence-electron chi connectivity index (χ2n) is 34.5. The quantitative estimate of drug-likeness (QED) is 0.0492. The van der Waals surface area contributed by atoms with Crippen LogP contribution in [0.1, 0.15) is 145 Å². The molecule has 0 spiro atoms. The molecule has 10 aromatic heterocycles. The lowest BCUT2D eigenvalue weighted by atomic mass is 10.0. The Bertz CT molecular complexity index is 7860. The summed E-state index contributed by atoms with van der Waals surface area (Å²) in [7, 11) is 0. The van der Waals surface area contributed by atoms with E-state index in [2.05, 4.69) is 167 Å². The van der Waals surface area contributed by atoms with Crippen molar-refractivity contribution in [2.24, 2.45) is 11.8 Å². The number of terminal acetylenes is 2. The Morgan fingerprint density at radius 3 is 1.48 bits per heavy atom. The summed E-state index contributed by atoms with van der Waals surface area (Å²) in [6.07, 6.45) is 39.0. The SMILES string of the molecule is C#CCOc1ccc(/C=C/C(=O)n2c(=O)oc(=O)c3cccnc32)cc1C.C#CCOc1ccc(/C=C/C(=O)n2c(=O)oc(=O)c3ncccc32)cc1C.Cc1ccc(/C=C/C(=O)N2CCCc3ncccc32)cc1C.Cc1ccc(/C=C/C(=O)N2CCOc3cnccc32)cc1C.Cc1ccc(C2CC2C(=O)n2c(=O)oc3ncccc32)cc1C.Cc1ccc(C2CC2C(=O)n2c(=S)oc3cnccc32)cc1C. The van der Waals surface area contributed by atoms with Crippen molar-refractivity contribution in [1.82, 2.24) is 48.2 Å². The zero-order valence-corrected chi connectivity index (χ0v) is 81.2. The third-order valence-electron chi connectivity index (χ3n) is 24.8. The van der Waals surface area contributed by atoms with Crippen molar-refractivity contribution in [3.63, 3.8) is 0 Å². The van der Waals surface area contributed by atoms with Crippen LogP contribution in [0.2, 0.25) is 0 Å². The van der Waals surface area contributed by atoms with Gasteiger partial charge in [-0.2, -0.15) is 4.57 Å². The maximum absolute atomic E-state index is 12.9. The molecule has 2 saturated carbocycles. The van der Waals surface area contributed by atoms with Gasteiger partial charge in [0.05, 0.1) is 47.0 Å². The fourth-order valence-corrected chi connectivity index (χ4v) is 16.6. The molecule has 0 N–H and O–H groups in total. The van der Waals surface area contributed by atoms with E-state index in [1.807, 2.05) is 61.2 Å². The third-order valence-corrected chi connectivity index (χ3v) is 25.1. The molecule has 2 aliphatic carbocycles. The van der Waals surface area contributed by atoms with Crippen molar-refractivity contribution in [1.29, 1.82) is 0 Å². The number of carbonyl (C=O) groups excluding carboxylic acids is 6. The molecule has 4 unspecified atom stereocenters. The van der Waals surface area contributed by atoms with Gasteiger partial charge in [0.15, 0.2) is 22.5 Å². The van der Waals surface area contributed by atoms with E-state index in [1.165, 1.54) is 116 Å². The van der Waals surface area contributed by atoms with Crippen molar-refractivity contribution in [2.45, 2.75) is 107 Å². The number of allylic oxidation sites excluding steroid dienone is 2. The van der Waals surface area contributed by atoms with E-state index in [4.69, 9.17) is 48.1 Å². The van der Waals surface area contributed by atoms with Crippen LogP contribution in [0.3, 0.4) is 0 Å². The summed E-state index contributed by atoms with van der Waals surface area (Å²) < 4.78 is 40.1. The van der Waals surface area contributed by atoms with Crippen LogP contribution in [0.5, 0.6) is 17.2 Å². The Morgan fingerprint density at radius 2 is 0.903 bits per heavy atom. The van der Waals surface area contributed by atoms with E-state index in [9.17, 15) is 52.7 Å². The molecule has 2 aliphatic heterocycles.